The maximum Gasteiger partial charge on any atom is 0.306 e. The summed E-state index contributed by atoms with van der Waals surface area (Å²) in [7, 11) is 0. The molecule has 1 aromatic carbocycles. The van der Waals surface area contributed by atoms with Gasteiger partial charge in [-0.1, -0.05) is 30.3 Å². The number of rotatable bonds is 2. The molecular weight excluding hydrogens is 189 g/mol. The maximum absolute atomic E-state index is 11.3. The van der Waals surface area contributed by atoms with E-state index in [0.717, 1.165) is 25.7 Å². The third-order valence-electron chi connectivity index (χ3n) is 2.76. The van der Waals surface area contributed by atoms with Crippen LogP contribution in [0.5, 0.6) is 0 Å². The highest BCUT2D eigenvalue weighted by Crippen LogP contribution is 2.17. The molecule has 1 aliphatic heterocycles. The van der Waals surface area contributed by atoms with Crippen LogP contribution in [0.4, 0.5) is 0 Å². The molecule has 1 atom stereocenters. The van der Waals surface area contributed by atoms with Gasteiger partial charge in [0, 0.05) is 12.8 Å². The molecule has 0 spiro atoms. The van der Waals surface area contributed by atoms with E-state index < -0.39 is 0 Å². The molecule has 80 valence electrons. The van der Waals surface area contributed by atoms with E-state index in [-0.39, 0.29) is 12.1 Å². The maximum atomic E-state index is 11.3. The van der Waals surface area contributed by atoms with Crippen molar-refractivity contribution in [1.29, 1.82) is 0 Å². The summed E-state index contributed by atoms with van der Waals surface area (Å²) < 4.78 is 5.38. The zero-order valence-corrected chi connectivity index (χ0v) is 8.82. The molecule has 0 N–H and O–H groups in total. The van der Waals surface area contributed by atoms with Crippen molar-refractivity contribution in [2.75, 3.05) is 0 Å². The Bertz CT molecular complexity index is 319. The summed E-state index contributed by atoms with van der Waals surface area (Å²) in [6.07, 6.45) is 4.61. The van der Waals surface area contributed by atoms with Crippen molar-refractivity contribution in [2.24, 2.45) is 0 Å². The Morgan fingerprint density at radius 3 is 2.80 bits per heavy atom. The number of benzene rings is 1. The van der Waals surface area contributed by atoms with Crippen LogP contribution in [0.1, 0.15) is 31.2 Å². The van der Waals surface area contributed by atoms with Crippen LogP contribution in [0.25, 0.3) is 0 Å². The highest BCUT2D eigenvalue weighted by Gasteiger charge is 2.18. The molecule has 0 bridgehead atoms. The molecular formula is C13H16O2. The molecule has 0 aromatic heterocycles. The molecule has 1 fully saturated rings. The average molecular weight is 205 g/mol. The molecule has 1 heterocycles. The third kappa shape index (κ3) is 3.08. The Morgan fingerprint density at radius 2 is 2.00 bits per heavy atom. The molecule has 2 rings (SSSR count). The van der Waals surface area contributed by atoms with E-state index in [9.17, 15) is 4.79 Å². The van der Waals surface area contributed by atoms with E-state index in [1.165, 1.54) is 5.56 Å². The second-order valence-electron chi connectivity index (χ2n) is 4.05. The van der Waals surface area contributed by atoms with Gasteiger partial charge < -0.3 is 4.74 Å². The Balaban J connectivity index is 1.96. The van der Waals surface area contributed by atoms with Crippen LogP contribution in [0, 0.1) is 0 Å². The number of hydrogen-bond acceptors (Lipinski definition) is 2. The summed E-state index contributed by atoms with van der Waals surface area (Å²) in [5.74, 6) is -0.0339. The molecule has 1 unspecified atom stereocenters. The zero-order chi connectivity index (χ0) is 10.5. The minimum absolute atomic E-state index is 0.0339. The van der Waals surface area contributed by atoms with Gasteiger partial charge >= 0.3 is 5.97 Å². The minimum Gasteiger partial charge on any atom is -0.462 e. The molecule has 0 aliphatic carbocycles. The lowest BCUT2D eigenvalue weighted by Gasteiger charge is -2.14. The number of cyclic esters (lactones) is 1. The standard InChI is InChI=1S/C13H16O2/c14-13-9-5-4-8-12(15-13)10-11-6-2-1-3-7-11/h1-3,6-7,12H,4-5,8-10H2/i15+1. The van der Waals surface area contributed by atoms with Crippen LogP contribution >= 0.6 is 0 Å². The Hall–Kier alpha value is -1.31. The topological polar surface area (TPSA) is 26.3 Å². The first kappa shape index (κ1) is 10.2. The molecule has 0 saturated carbocycles. The van der Waals surface area contributed by atoms with E-state index in [4.69, 9.17) is 4.74 Å². The van der Waals surface area contributed by atoms with Crippen LogP contribution in [-0.4, -0.2) is 12.1 Å². The van der Waals surface area contributed by atoms with Crippen LogP contribution in [0.3, 0.4) is 0 Å². The van der Waals surface area contributed by atoms with Gasteiger partial charge in [0.15, 0.2) is 0 Å². The number of hydrogen-bond donors (Lipinski definition) is 0. The first-order valence-electron chi connectivity index (χ1n) is 5.58. The minimum atomic E-state index is -0.0339. The van der Waals surface area contributed by atoms with E-state index >= 15 is 0 Å². The Kier molecular flexibility index (Phi) is 3.38. The predicted molar refractivity (Wildman–Crippen MR) is 58.5 cm³/mol. The van der Waals surface area contributed by atoms with Gasteiger partial charge in [0.2, 0.25) is 0 Å². The van der Waals surface area contributed by atoms with E-state index in [0.29, 0.717) is 6.42 Å². The SMILES string of the molecule is O=C1CCCCC(Cc2ccccc2)[17O]1. The van der Waals surface area contributed by atoms with Crippen molar-refractivity contribution >= 4 is 5.97 Å². The Morgan fingerprint density at radius 1 is 1.20 bits per heavy atom. The second-order valence-corrected chi connectivity index (χ2v) is 4.05. The molecule has 1 saturated heterocycles. The van der Waals surface area contributed by atoms with Gasteiger partial charge in [-0.3, -0.25) is 4.79 Å². The summed E-state index contributed by atoms with van der Waals surface area (Å²) in [6, 6.07) is 10.2. The lowest BCUT2D eigenvalue weighted by molar-refractivity contribution is -0.147. The third-order valence-corrected chi connectivity index (χ3v) is 2.76. The van der Waals surface area contributed by atoms with Gasteiger partial charge in [-0.15, -0.1) is 0 Å². The van der Waals surface area contributed by atoms with Gasteiger partial charge in [0.05, 0.1) is 0 Å². The quantitative estimate of drug-likeness (QED) is 0.694. The predicted octanol–water partition coefficient (Wildman–Crippen LogP) is 2.71. The van der Waals surface area contributed by atoms with Crippen molar-refractivity contribution in [3.8, 4) is 0 Å². The number of carbonyl (C=O) groups excluding carboxylic acids is 1. The molecule has 15 heavy (non-hydrogen) atoms. The fourth-order valence-corrected chi connectivity index (χ4v) is 1.97. The van der Waals surface area contributed by atoms with Gasteiger partial charge in [-0.2, -0.15) is 0 Å². The van der Waals surface area contributed by atoms with E-state index in [1.807, 2.05) is 18.2 Å². The van der Waals surface area contributed by atoms with E-state index in [2.05, 4.69) is 12.1 Å². The summed E-state index contributed by atoms with van der Waals surface area (Å²) in [6.45, 7) is 0. The fourth-order valence-electron chi connectivity index (χ4n) is 1.97. The molecule has 0 amide bonds. The van der Waals surface area contributed by atoms with Crippen LogP contribution < -0.4 is 0 Å². The zero-order valence-electron chi connectivity index (χ0n) is 8.82. The fraction of sp³-hybridized carbons (Fsp3) is 0.462. The number of carbonyl (C=O) groups is 1. The van der Waals surface area contributed by atoms with Gasteiger partial charge in [0.25, 0.3) is 0 Å². The molecule has 2 heteroatoms. The van der Waals surface area contributed by atoms with Crippen molar-refractivity contribution < 1.29 is 9.53 Å². The molecule has 1 aromatic rings. The van der Waals surface area contributed by atoms with Gasteiger partial charge in [0.1, 0.15) is 6.10 Å². The van der Waals surface area contributed by atoms with Crippen LogP contribution in [-0.2, 0) is 16.0 Å². The first-order chi connectivity index (χ1) is 7.34. The molecule has 1 aliphatic rings. The Labute approximate surface area is 90.3 Å². The summed E-state index contributed by atoms with van der Waals surface area (Å²) in [4.78, 5) is 11.3. The largest absolute Gasteiger partial charge is 0.462 e. The first-order valence-corrected chi connectivity index (χ1v) is 5.58. The molecule has 0 radical (unpaired) electrons. The van der Waals surface area contributed by atoms with Crippen molar-refractivity contribution in [3.05, 3.63) is 35.9 Å². The summed E-state index contributed by atoms with van der Waals surface area (Å²) in [5.41, 5.74) is 1.25. The van der Waals surface area contributed by atoms with Gasteiger partial charge in [-0.25, -0.2) is 0 Å². The van der Waals surface area contributed by atoms with Crippen molar-refractivity contribution in [2.45, 2.75) is 38.2 Å². The average Bonchev–Trinajstić information content (AvgIpc) is 2.44. The van der Waals surface area contributed by atoms with Crippen molar-refractivity contribution in [3.63, 3.8) is 0 Å². The van der Waals surface area contributed by atoms with Crippen LogP contribution in [0.15, 0.2) is 30.3 Å². The normalized spacial score (nSPS) is 21.9. The molecule has 2 nitrogen and oxygen atoms in total. The number of ether oxygens (including phenoxy) is 1. The smallest absolute Gasteiger partial charge is 0.306 e. The highest BCUT2D eigenvalue weighted by atomic mass is 17.4. The highest BCUT2D eigenvalue weighted by molar-refractivity contribution is 5.69. The summed E-state index contributed by atoms with van der Waals surface area (Å²) in [5, 5.41) is 0. The lowest BCUT2D eigenvalue weighted by atomic mass is 10.0. The number of esters is 1. The van der Waals surface area contributed by atoms with Crippen molar-refractivity contribution in [1.82, 2.24) is 0 Å². The van der Waals surface area contributed by atoms with Crippen LogP contribution in [0.2, 0.25) is 0 Å². The lowest BCUT2D eigenvalue weighted by Crippen LogP contribution is -2.17. The van der Waals surface area contributed by atoms with E-state index in [1.54, 1.807) is 0 Å². The van der Waals surface area contributed by atoms with Gasteiger partial charge in [-0.05, 0) is 24.8 Å². The second kappa shape index (κ2) is 4.96. The summed E-state index contributed by atoms with van der Waals surface area (Å²) >= 11 is 0. The monoisotopic (exact) mass is 205 g/mol.